The molecular formula is C24H21N3O3. The van der Waals surface area contributed by atoms with Gasteiger partial charge in [0.1, 0.15) is 11.5 Å². The summed E-state index contributed by atoms with van der Waals surface area (Å²) in [4.78, 5) is 24.8. The monoisotopic (exact) mass is 399 g/mol. The van der Waals surface area contributed by atoms with Crippen molar-refractivity contribution in [3.05, 3.63) is 94.4 Å². The van der Waals surface area contributed by atoms with Crippen LogP contribution in [0.3, 0.4) is 0 Å². The van der Waals surface area contributed by atoms with Gasteiger partial charge in [-0.15, -0.1) is 0 Å². The Labute approximate surface area is 173 Å². The number of fused-ring (bicyclic) bond motifs is 1. The van der Waals surface area contributed by atoms with Crippen LogP contribution in [0.2, 0.25) is 0 Å². The van der Waals surface area contributed by atoms with Gasteiger partial charge in [-0.1, -0.05) is 30.3 Å². The zero-order chi connectivity index (χ0) is 21.1. The van der Waals surface area contributed by atoms with E-state index >= 15 is 0 Å². The number of anilines is 1. The highest BCUT2D eigenvalue weighted by atomic mass is 16.5. The number of aromatic nitrogens is 2. The molecule has 0 fully saturated rings. The molecule has 0 aliphatic rings. The van der Waals surface area contributed by atoms with Gasteiger partial charge >= 0.3 is 0 Å². The SMILES string of the molecule is Cc1cccc(Oc2ccc(NC(=O)Cc3nn(C)c(=O)c4ccccc34)cc2)c1. The number of ether oxygens (including phenoxy) is 1. The van der Waals surface area contributed by atoms with Crippen LogP contribution < -0.4 is 15.6 Å². The number of nitrogens with zero attached hydrogens (tertiary/aromatic N) is 2. The number of hydrogen-bond donors (Lipinski definition) is 1. The van der Waals surface area contributed by atoms with E-state index in [1.807, 2.05) is 43.3 Å². The van der Waals surface area contributed by atoms with Gasteiger partial charge in [-0.2, -0.15) is 5.10 Å². The zero-order valence-electron chi connectivity index (χ0n) is 16.8. The Hall–Kier alpha value is -3.93. The van der Waals surface area contributed by atoms with Crippen LogP contribution in [-0.2, 0) is 18.3 Å². The lowest BCUT2D eigenvalue weighted by molar-refractivity contribution is -0.115. The molecule has 6 nitrogen and oxygen atoms in total. The molecule has 4 aromatic rings. The van der Waals surface area contributed by atoms with Crippen molar-refractivity contribution in [3.8, 4) is 11.5 Å². The Morgan fingerprint density at radius 2 is 1.70 bits per heavy atom. The Morgan fingerprint density at radius 3 is 2.43 bits per heavy atom. The molecule has 0 unspecified atom stereocenters. The fraction of sp³-hybridized carbons (Fsp3) is 0.125. The molecule has 1 N–H and O–H groups in total. The average Bonchev–Trinajstić information content (AvgIpc) is 2.73. The summed E-state index contributed by atoms with van der Waals surface area (Å²) in [6.45, 7) is 2.01. The molecule has 0 bridgehead atoms. The average molecular weight is 399 g/mol. The number of nitrogens with one attached hydrogen (secondary N) is 1. The summed E-state index contributed by atoms with van der Waals surface area (Å²) >= 11 is 0. The number of carbonyl (C=O) groups is 1. The van der Waals surface area contributed by atoms with Crippen molar-refractivity contribution < 1.29 is 9.53 Å². The topological polar surface area (TPSA) is 73.2 Å². The maximum atomic E-state index is 12.6. The molecule has 150 valence electrons. The minimum absolute atomic E-state index is 0.0657. The van der Waals surface area contributed by atoms with Crippen molar-refractivity contribution in [2.45, 2.75) is 13.3 Å². The molecule has 0 aliphatic carbocycles. The van der Waals surface area contributed by atoms with Gasteiger partial charge in [0.2, 0.25) is 5.91 Å². The van der Waals surface area contributed by atoms with Crippen LogP contribution >= 0.6 is 0 Å². The predicted octanol–water partition coefficient (Wildman–Crippen LogP) is 4.22. The molecule has 1 aromatic heterocycles. The van der Waals surface area contributed by atoms with Crippen molar-refractivity contribution in [1.82, 2.24) is 9.78 Å². The number of benzene rings is 3. The van der Waals surface area contributed by atoms with Crippen LogP contribution in [0.5, 0.6) is 11.5 Å². The molecule has 0 radical (unpaired) electrons. The van der Waals surface area contributed by atoms with E-state index in [0.717, 1.165) is 11.3 Å². The minimum Gasteiger partial charge on any atom is -0.457 e. The Kier molecular flexibility index (Phi) is 5.30. The molecule has 0 atom stereocenters. The van der Waals surface area contributed by atoms with Crippen LogP contribution in [0.15, 0.2) is 77.6 Å². The standard InChI is InChI=1S/C24H21N3O3/c1-16-6-5-7-19(14-16)30-18-12-10-17(11-13-18)25-23(28)15-22-20-8-3-4-9-21(20)24(29)27(2)26-22/h3-14H,15H2,1-2H3,(H,25,28). The third-order valence-corrected chi connectivity index (χ3v) is 4.72. The van der Waals surface area contributed by atoms with Crippen molar-refractivity contribution >= 4 is 22.4 Å². The summed E-state index contributed by atoms with van der Waals surface area (Å²) < 4.78 is 7.10. The summed E-state index contributed by atoms with van der Waals surface area (Å²) in [5.41, 5.74) is 2.16. The lowest BCUT2D eigenvalue weighted by Crippen LogP contribution is -2.24. The highest BCUT2D eigenvalue weighted by molar-refractivity contribution is 5.95. The minimum atomic E-state index is -0.210. The van der Waals surface area contributed by atoms with E-state index in [0.29, 0.717) is 27.9 Å². The van der Waals surface area contributed by atoms with Crippen LogP contribution in [0.25, 0.3) is 10.8 Å². The van der Waals surface area contributed by atoms with E-state index < -0.39 is 0 Å². The lowest BCUT2D eigenvalue weighted by Gasteiger charge is -2.10. The largest absolute Gasteiger partial charge is 0.457 e. The third kappa shape index (κ3) is 4.22. The number of aryl methyl sites for hydroxylation is 2. The maximum absolute atomic E-state index is 12.6. The smallest absolute Gasteiger partial charge is 0.274 e. The molecule has 0 aliphatic heterocycles. The number of rotatable bonds is 5. The first-order valence-corrected chi connectivity index (χ1v) is 9.59. The summed E-state index contributed by atoms with van der Waals surface area (Å²) in [6.07, 6.45) is 0.0657. The third-order valence-electron chi connectivity index (χ3n) is 4.72. The second-order valence-corrected chi connectivity index (χ2v) is 7.09. The quantitative estimate of drug-likeness (QED) is 0.545. The first-order valence-electron chi connectivity index (χ1n) is 9.59. The lowest BCUT2D eigenvalue weighted by atomic mass is 10.1. The molecule has 0 saturated carbocycles. The van der Waals surface area contributed by atoms with Gasteiger partial charge < -0.3 is 10.1 Å². The first-order chi connectivity index (χ1) is 14.5. The van der Waals surface area contributed by atoms with Crippen LogP contribution in [0, 0.1) is 6.92 Å². The molecule has 1 heterocycles. The van der Waals surface area contributed by atoms with Crippen LogP contribution in [0.4, 0.5) is 5.69 Å². The summed E-state index contributed by atoms with van der Waals surface area (Å²) in [5.74, 6) is 1.24. The molecule has 30 heavy (non-hydrogen) atoms. The van der Waals surface area contributed by atoms with Crippen molar-refractivity contribution in [2.24, 2.45) is 7.05 Å². The molecule has 0 saturated heterocycles. The van der Waals surface area contributed by atoms with Gasteiger partial charge in [-0.3, -0.25) is 9.59 Å². The van der Waals surface area contributed by atoms with Gasteiger partial charge in [0.25, 0.3) is 5.56 Å². The summed E-state index contributed by atoms with van der Waals surface area (Å²) in [5, 5.41) is 8.38. The highest BCUT2D eigenvalue weighted by Crippen LogP contribution is 2.24. The van der Waals surface area contributed by atoms with Gasteiger partial charge in [0.15, 0.2) is 0 Å². The highest BCUT2D eigenvalue weighted by Gasteiger charge is 2.12. The van der Waals surface area contributed by atoms with Crippen LogP contribution in [0.1, 0.15) is 11.3 Å². The van der Waals surface area contributed by atoms with E-state index in [-0.39, 0.29) is 17.9 Å². The first kappa shape index (κ1) is 19.4. The number of amides is 1. The second-order valence-electron chi connectivity index (χ2n) is 7.09. The van der Waals surface area contributed by atoms with Crippen molar-refractivity contribution in [2.75, 3.05) is 5.32 Å². The van der Waals surface area contributed by atoms with Gasteiger partial charge in [-0.25, -0.2) is 4.68 Å². The summed E-state index contributed by atoms with van der Waals surface area (Å²) in [6, 6.07) is 22.2. The van der Waals surface area contributed by atoms with Crippen LogP contribution in [-0.4, -0.2) is 15.7 Å². The molecule has 6 heteroatoms. The Bertz CT molecular complexity index is 1280. The predicted molar refractivity (Wildman–Crippen MR) is 117 cm³/mol. The molecule has 0 spiro atoms. The van der Waals surface area contributed by atoms with Gasteiger partial charge in [0, 0.05) is 18.1 Å². The number of carbonyl (C=O) groups excluding carboxylic acids is 1. The fourth-order valence-corrected chi connectivity index (χ4v) is 3.28. The fourth-order valence-electron chi connectivity index (χ4n) is 3.28. The van der Waals surface area contributed by atoms with Gasteiger partial charge in [-0.05, 0) is 55.0 Å². The number of hydrogen-bond acceptors (Lipinski definition) is 4. The van der Waals surface area contributed by atoms with Crippen molar-refractivity contribution in [1.29, 1.82) is 0 Å². The molecule has 4 rings (SSSR count). The zero-order valence-corrected chi connectivity index (χ0v) is 16.8. The molecule has 1 amide bonds. The Morgan fingerprint density at radius 1 is 0.967 bits per heavy atom. The van der Waals surface area contributed by atoms with Gasteiger partial charge in [0.05, 0.1) is 17.5 Å². The second kappa shape index (κ2) is 8.21. The Balaban J connectivity index is 1.46. The van der Waals surface area contributed by atoms with E-state index in [2.05, 4.69) is 10.4 Å². The van der Waals surface area contributed by atoms with E-state index in [1.54, 1.807) is 43.4 Å². The van der Waals surface area contributed by atoms with E-state index in [4.69, 9.17) is 4.74 Å². The van der Waals surface area contributed by atoms with E-state index in [9.17, 15) is 9.59 Å². The van der Waals surface area contributed by atoms with E-state index in [1.165, 1.54) is 4.68 Å². The normalized spacial score (nSPS) is 10.7. The molecular weight excluding hydrogens is 378 g/mol. The summed E-state index contributed by atoms with van der Waals surface area (Å²) in [7, 11) is 1.59. The van der Waals surface area contributed by atoms with Crippen molar-refractivity contribution in [3.63, 3.8) is 0 Å². The molecule has 3 aromatic carbocycles. The maximum Gasteiger partial charge on any atom is 0.274 e.